The van der Waals surface area contributed by atoms with E-state index in [0.717, 1.165) is 26.6 Å². The quantitative estimate of drug-likeness (QED) is 0.145. The molecule has 12 fully saturated rings. The smallest absolute Gasteiger partial charge is 0.706 e. The van der Waals surface area contributed by atoms with Gasteiger partial charge < -0.3 is 5.73 Å². The number of benzene rings is 2. The van der Waals surface area contributed by atoms with Crippen LogP contribution in [0.5, 0.6) is 0 Å². The summed E-state index contributed by atoms with van der Waals surface area (Å²) in [6.07, 6.45) is 31.4. The van der Waals surface area contributed by atoms with Crippen LogP contribution in [0.25, 0.3) is 16.9 Å². The first-order valence-corrected chi connectivity index (χ1v) is 23.4. The number of hydrogen-bond donors (Lipinski definition) is 1. The SMILES string of the molecule is C1C2CC3CC1CC([PH+](C14CC5CC(CC(C5)C1)C4)C14CC5CC(CC(C5)C1)C4)(C2)C3.CS(=O)(=O)O.[NH-]c1ccccc1-c1[c-]cccc1.[Pd+2]. The van der Waals surface area contributed by atoms with E-state index in [0.29, 0.717) is 11.9 Å². The van der Waals surface area contributed by atoms with Crippen molar-refractivity contribution in [2.24, 2.45) is 53.3 Å². The molecule has 12 aliphatic carbocycles. The summed E-state index contributed by atoms with van der Waals surface area (Å²) in [6, 6.07) is 18.4. The Morgan fingerprint density at radius 2 is 0.900 bits per heavy atom. The Kier molecular flexibility index (Phi) is 9.80. The first kappa shape index (κ1) is 36.2. The van der Waals surface area contributed by atoms with Gasteiger partial charge in [-0.3, -0.25) is 4.55 Å². The molecule has 0 aliphatic heterocycles. The van der Waals surface area contributed by atoms with E-state index in [2.05, 4.69) is 6.07 Å². The minimum atomic E-state index is -3.67. The molecule has 14 rings (SSSR count). The summed E-state index contributed by atoms with van der Waals surface area (Å²) < 4.78 is 25.9. The van der Waals surface area contributed by atoms with Gasteiger partial charge in [0.25, 0.3) is 10.1 Å². The van der Waals surface area contributed by atoms with Crippen molar-refractivity contribution >= 4 is 23.7 Å². The second-order valence-corrected chi connectivity index (χ2v) is 24.9. The van der Waals surface area contributed by atoms with E-state index < -0.39 is 10.1 Å². The van der Waals surface area contributed by atoms with Crippen LogP contribution in [0.2, 0.25) is 0 Å². The molecule has 0 radical (unpaired) electrons. The maximum absolute atomic E-state index is 9.19. The standard InChI is InChI=1S/C30H45P.C12H9N.CH4O3S.Pd/c1-19-2-21-3-20(1)11-28(10-19,12-21)31(29-13-22-4-23(14-29)6-24(5-22)15-29)30-16-25-7-26(17-30)9-27(8-25)18-30;13-12-9-5-4-8-11(12)10-6-2-1-3-7-10;1-5(2,3)4;/h19-27H,1-18H2;1-6,8-9,13H;1H3,(H,2,3,4);/q;-2;;+2/p+1. The van der Waals surface area contributed by atoms with Crippen LogP contribution >= 0.6 is 7.92 Å². The van der Waals surface area contributed by atoms with Crippen LogP contribution in [0.3, 0.4) is 0 Å². The van der Waals surface area contributed by atoms with Crippen LogP contribution in [0.4, 0.5) is 5.69 Å². The van der Waals surface area contributed by atoms with Crippen LogP contribution in [0.1, 0.15) is 116 Å². The largest absolute Gasteiger partial charge is 2.00 e. The van der Waals surface area contributed by atoms with Crippen LogP contribution in [0.15, 0.2) is 48.5 Å². The molecule has 7 heteroatoms. The van der Waals surface area contributed by atoms with Gasteiger partial charge in [-0.1, -0.05) is 24.3 Å². The molecule has 2 aromatic rings. The first-order chi connectivity index (χ1) is 23.4. The molecule has 4 nitrogen and oxygen atoms in total. The maximum Gasteiger partial charge on any atom is 2.00 e. The Bertz CT molecular complexity index is 1430. The zero-order chi connectivity index (χ0) is 33.6. The molecular formula is C43H59NO3PPdS+. The molecule has 0 heterocycles. The molecule has 0 atom stereocenters. The number of hydrogen-bond acceptors (Lipinski definition) is 2. The third-order valence-electron chi connectivity index (χ3n) is 15.6. The predicted molar refractivity (Wildman–Crippen MR) is 203 cm³/mol. The van der Waals surface area contributed by atoms with Crippen molar-refractivity contribution in [2.45, 2.75) is 131 Å². The number of rotatable bonds is 4. The zero-order valence-electron chi connectivity index (χ0n) is 30.0. The normalized spacial score (nSPS) is 44.4. The molecule has 0 aromatic heterocycles. The Balaban J connectivity index is 0.000000160. The fraction of sp³-hybridized carbons (Fsp3) is 0.721. The summed E-state index contributed by atoms with van der Waals surface area (Å²) in [4.78, 5) is 0. The van der Waals surface area contributed by atoms with Gasteiger partial charge in [-0.2, -0.15) is 14.1 Å². The fourth-order valence-corrected chi connectivity index (χ4v) is 24.0. The molecule has 2 aromatic carbocycles. The van der Waals surface area contributed by atoms with Crippen LogP contribution in [-0.4, -0.2) is 34.7 Å². The molecule has 12 saturated carbocycles. The second kappa shape index (κ2) is 13.5. The van der Waals surface area contributed by atoms with Gasteiger partial charge in [-0.05, 0) is 169 Å². The monoisotopic (exact) mass is 806 g/mol. The van der Waals surface area contributed by atoms with Crippen LogP contribution in [0, 0.1) is 59.3 Å². The Morgan fingerprint density at radius 1 is 0.600 bits per heavy atom. The van der Waals surface area contributed by atoms with Crippen molar-refractivity contribution in [1.29, 1.82) is 0 Å². The van der Waals surface area contributed by atoms with E-state index >= 15 is 0 Å². The second-order valence-electron chi connectivity index (χ2n) is 19.5. The van der Waals surface area contributed by atoms with Gasteiger partial charge in [-0.25, -0.2) is 0 Å². The first-order valence-electron chi connectivity index (χ1n) is 20.0. The molecule has 12 aliphatic rings. The minimum Gasteiger partial charge on any atom is -0.706 e. The average Bonchev–Trinajstić information content (AvgIpc) is 2.99. The Hall–Kier alpha value is -0.758. The molecule has 2 N–H and O–H groups in total. The number of nitrogens with one attached hydrogen (secondary N) is 1. The van der Waals surface area contributed by atoms with Gasteiger partial charge in [-0.15, -0.1) is 41.5 Å². The topological polar surface area (TPSA) is 78.2 Å². The van der Waals surface area contributed by atoms with Gasteiger partial charge in [0, 0.05) is 7.92 Å². The zero-order valence-corrected chi connectivity index (χ0v) is 33.4. The molecule has 0 unspecified atom stereocenters. The molecule has 0 saturated heterocycles. The van der Waals surface area contributed by atoms with Crippen molar-refractivity contribution in [3.63, 3.8) is 0 Å². The minimum absolute atomic E-state index is 0. The summed E-state index contributed by atoms with van der Waals surface area (Å²) in [7, 11) is -3.99. The molecule has 12 bridgehead atoms. The van der Waals surface area contributed by atoms with Crippen LogP contribution < -0.4 is 0 Å². The molecular weight excluding hydrogens is 748 g/mol. The van der Waals surface area contributed by atoms with Gasteiger partial charge in [0.2, 0.25) is 0 Å². The average molecular weight is 807 g/mol. The van der Waals surface area contributed by atoms with Crippen molar-refractivity contribution < 1.29 is 33.4 Å². The van der Waals surface area contributed by atoms with Crippen LogP contribution in [-0.2, 0) is 30.5 Å². The Morgan fingerprint density at radius 3 is 1.18 bits per heavy atom. The van der Waals surface area contributed by atoms with Gasteiger partial charge in [0.15, 0.2) is 0 Å². The van der Waals surface area contributed by atoms with E-state index in [9.17, 15) is 8.42 Å². The Labute approximate surface area is 317 Å². The van der Waals surface area contributed by atoms with Gasteiger partial charge >= 0.3 is 20.4 Å². The molecule has 0 spiro atoms. The summed E-state index contributed by atoms with van der Waals surface area (Å²) in [5.74, 6) is 10.6. The van der Waals surface area contributed by atoms with E-state index in [-0.39, 0.29) is 28.3 Å². The molecule has 274 valence electrons. The van der Waals surface area contributed by atoms with E-state index in [4.69, 9.17) is 10.3 Å². The molecule has 50 heavy (non-hydrogen) atoms. The van der Waals surface area contributed by atoms with E-state index in [1.54, 1.807) is 122 Å². The van der Waals surface area contributed by atoms with E-state index in [1.165, 1.54) is 53.3 Å². The summed E-state index contributed by atoms with van der Waals surface area (Å²) in [5.41, 5.74) is 10.1. The van der Waals surface area contributed by atoms with E-state index in [1.807, 2.05) is 42.5 Å². The summed E-state index contributed by atoms with van der Waals surface area (Å²) in [5, 5.41) is 2.74. The van der Waals surface area contributed by atoms with Gasteiger partial charge in [0.1, 0.15) is 0 Å². The fourth-order valence-electron chi connectivity index (χ4n) is 16.2. The van der Waals surface area contributed by atoms with Crippen molar-refractivity contribution in [3.05, 3.63) is 60.3 Å². The van der Waals surface area contributed by atoms with Crippen molar-refractivity contribution in [3.8, 4) is 11.1 Å². The third-order valence-corrected chi connectivity index (χ3v) is 20.7. The predicted octanol–water partition coefficient (Wildman–Crippen LogP) is 11.4. The summed E-state index contributed by atoms with van der Waals surface area (Å²) >= 11 is 0. The van der Waals surface area contributed by atoms with Gasteiger partial charge in [0.05, 0.1) is 21.7 Å². The van der Waals surface area contributed by atoms with Crippen molar-refractivity contribution in [2.75, 3.05) is 6.26 Å². The summed E-state index contributed by atoms with van der Waals surface area (Å²) in [6.45, 7) is 0. The van der Waals surface area contributed by atoms with Crippen molar-refractivity contribution in [1.82, 2.24) is 0 Å². The molecule has 0 amide bonds. The third kappa shape index (κ3) is 6.87. The maximum atomic E-state index is 9.19.